The highest BCUT2D eigenvalue weighted by atomic mass is 35.5. The van der Waals surface area contributed by atoms with Gasteiger partial charge in [0.15, 0.2) is 0 Å². The lowest BCUT2D eigenvalue weighted by atomic mass is 10.1. The van der Waals surface area contributed by atoms with E-state index in [0.717, 1.165) is 5.56 Å². The van der Waals surface area contributed by atoms with Crippen molar-refractivity contribution in [3.05, 3.63) is 47.4 Å². The van der Waals surface area contributed by atoms with Crippen molar-refractivity contribution >= 4 is 11.6 Å². The molecule has 0 aliphatic heterocycles. The predicted molar refractivity (Wildman–Crippen MR) is 58.4 cm³/mol. The van der Waals surface area contributed by atoms with Gasteiger partial charge in [-0.1, -0.05) is 11.6 Å². The van der Waals surface area contributed by atoms with E-state index in [1.807, 2.05) is 12.1 Å². The number of hydrogen-bond donors (Lipinski definition) is 1. The van der Waals surface area contributed by atoms with Gasteiger partial charge in [-0.25, -0.2) is 0 Å². The third-order valence-electron chi connectivity index (χ3n) is 2.07. The van der Waals surface area contributed by atoms with Crippen molar-refractivity contribution in [2.24, 2.45) is 0 Å². The van der Waals surface area contributed by atoms with Crippen LogP contribution >= 0.6 is 11.6 Å². The molecule has 0 aliphatic carbocycles. The second-order valence-corrected chi connectivity index (χ2v) is 3.41. The van der Waals surface area contributed by atoms with Crippen LogP contribution in [0.2, 0.25) is 5.02 Å². The Labute approximate surface area is 92.4 Å². The van der Waals surface area contributed by atoms with E-state index in [1.165, 1.54) is 0 Å². The molecule has 3 nitrogen and oxygen atoms in total. The highest BCUT2D eigenvalue weighted by Gasteiger charge is 2.08. The van der Waals surface area contributed by atoms with Gasteiger partial charge in [0.05, 0.1) is 17.3 Å². The Balaban J connectivity index is 2.54. The summed E-state index contributed by atoms with van der Waals surface area (Å²) < 4.78 is 0. The minimum Gasteiger partial charge on any atom is -0.392 e. The molecule has 2 heterocycles. The van der Waals surface area contributed by atoms with Crippen LogP contribution in [0.1, 0.15) is 5.56 Å². The van der Waals surface area contributed by atoms with E-state index in [4.69, 9.17) is 16.7 Å². The number of nitrogens with zero attached hydrogens (tertiary/aromatic N) is 2. The van der Waals surface area contributed by atoms with Crippen molar-refractivity contribution < 1.29 is 5.11 Å². The van der Waals surface area contributed by atoms with Crippen molar-refractivity contribution in [2.75, 3.05) is 0 Å². The molecule has 0 spiro atoms. The van der Waals surface area contributed by atoms with Crippen LogP contribution < -0.4 is 0 Å². The van der Waals surface area contributed by atoms with Crippen molar-refractivity contribution in [2.45, 2.75) is 6.61 Å². The summed E-state index contributed by atoms with van der Waals surface area (Å²) in [6.45, 7) is -0.0887. The molecule has 2 aromatic rings. The summed E-state index contributed by atoms with van der Waals surface area (Å²) in [5, 5.41) is 9.54. The molecule has 0 saturated carbocycles. The van der Waals surface area contributed by atoms with Gasteiger partial charge in [0.1, 0.15) is 0 Å². The van der Waals surface area contributed by atoms with Crippen molar-refractivity contribution in [1.82, 2.24) is 9.97 Å². The molecule has 1 N–H and O–H groups in total. The van der Waals surface area contributed by atoms with Crippen molar-refractivity contribution in [3.8, 4) is 11.3 Å². The number of aromatic nitrogens is 2. The van der Waals surface area contributed by atoms with Crippen LogP contribution in [0.4, 0.5) is 0 Å². The van der Waals surface area contributed by atoms with Gasteiger partial charge >= 0.3 is 0 Å². The minimum absolute atomic E-state index is 0.0887. The number of aliphatic hydroxyl groups excluding tert-OH is 1. The number of rotatable bonds is 2. The Morgan fingerprint density at radius 3 is 2.80 bits per heavy atom. The Kier molecular flexibility index (Phi) is 2.94. The lowest BCUT2D eigenvalue weighted by molar-refractivity contribution is 0.282. The summed E-state index contributed by atoms with van der Waals surface area (Å²) in [5.41, 5.74) is 2.17. The number of halogens is 1. The van der Waals surface area contributed by atoms with Gasteiger partial charge in [-0.3, -0.25) is 9.97 Å². The largest absolute Gasteiger partial charge is 0.392 e. The van der Waals surface area contributed by atoms with Gasteiger partial charge in [0, 0.05) is 24.2 Å². The Bertz CT molecular complexity index is 459. The Morgan fingerprint density at radius 1 is 1.27 bits per heavy atom. The highest BCUT2D eigenvalue weighted by molar-refractivity contribution is 6.33. The summed E-state index contributed by atoms with van der Waals surface area (Å²) in [6.07, 6.45) is 5.00. The summed E-state index contributed by atoms with van der Waals surface area (Å²) in [4.78, 5) is 8.17. The van der Waals surface area contributed by atoms with Crippen LogP contribution in [0.5, 0.6) is 0 Å². The molecule has 4 heteroatoms. The first-order valence-corrected chi connectivity index (χ1v) is 4.85. The summed E-state index contributed by atoms with van der Waals surface area (Å²) >= 11 is 6.09. The first-order chi connectivity index (χ1) is 7.33. The maximum atomic E-state index is 9.06. The molecule has 0 amide bonds. The van der Waals surface area contributed by atoms with Crippen LogP contribution in [-0.4, -0.2) is 15.1 Å². The Hall–Kier alpha value is -1.45. The van der Waals surface area contributed by atoms with Gasteiger partial charge < -0.3 is 5.11 Å². The molecule has 0 atom stereocenters. The number of hydrogen-bond acceptors (Lipinski definition) is 3. The van der Waals surface area contributed by atoms with Crippen LogP contribution in [0.15, 0.2) is 36.8 Å². The van der Waals surface area contributed by atoms with E-state index in [1.54, 1.807) is 24.7 Å². The quantitative estimate of drug-likeness (QED) is 0.845. The number of aliphatic hydroxyl groups is 1. The maximum absolute atomic E-state index is 9.06. The van der Waals surface area contributed by atoms with Gasteiger partial charge in [0.25, 0.3) is 0 Å². The maximum Gasteiger partial charge on any atom is 0.0907 e. The van der Waals surface area contributed by atoms with Crippen molar-refractivity contribution in [3.63, 3.8) is 0 Å². The second-order valence-electron chi connectivity index (χ2n) is 3.03. The zero-order valence-electron chi connectivity index (χ0n) is 7.89. The smallest absolute Gasteiger partial charge is 0.0907 e. The zero-order valence-corrected chi connectivity index (χ0v) is 8.65. The van der Waals surface area contributed by atoms with Crippen LogP contribution in [0.3, 0.4) is 0 Å². The molecule has 15 heavy (non-hydrogen) atoms. The summed E-state index contributed by atoms with van der Waals surface area (Å²) in [5.74, 6) is 0. The average Bonchev–Trinajstić information content (AvgIpc) is 2.30. The van der Waals surface area contributed by atoms with E-state index in [-0.39, 0.29) is 6.61 Å². The van der Waals surface area contributed by atoms with E-state index in [9.17, 15) is 0 Å². The molecular weight excluding hydrogens is 212 g/mol. The normalized spacial score (nSPS) is 10.3. The third kappa shape index (κ3) is 1.98. The first-order valence-electron chi connectivity index (χ1n) is 4.47. The average molecular weight is 221 g/mol. The fraction of sp³-hybridized carbons (Fsp3) is 0.0909. The molecule has 0 aromatic carbocycles. The lowest BCUT2D eigenvalue weighted by Crippen LogP contribution is -1.91. The highest BCUT2D eigenvalue weighted by Crippen LogP contribution is 2.27. The van der Waals surface area contributed by atoms with E-state index in [2.05, 4.69) is 9.97 Å². The number of pyridine rings is 2. The van der Waals surface area contributed by atoms with Gasteiger partial charge in [-0.2, -0.15) is 0 Å². The molecule has 0 radical (unpaired) electrons. The van der Waals surface area contributed by atoms with Crippen LogP contribution in [0.25, 0.3) is 11.3 Å². The zero-order chi connectivity index (χ0) is 10.7. The first kappa shape index (κ1) is 10.1. The molecule has 2 aromatic heterocycles. The molecule has 0 bridgehead atoms. The minimum atomic E-state index is -0.0887. The molecular formula is C11H9ClN2O. The van der Waals surface area contributed by atoms with E-state index >= 15 is 0 Å². The molecule has 0 aliphatic rings. The van der Waals surface area contributed by atoms with E-state index < -0.39 is 0 Å². The third-order valence-corrected chi connectivity index (χ3v) is 2.50. The fourth-order valence-corrected chi connectivity index (χ4v) is 1.59. The molecule has 0 fully saturated rings. The van der Waals surface area contributed by atoms with Crippen LogP contribution in [0, 0.1) is 0 Å². The molecule has 0 unspecified atom stereocenters. The molecule has 2 rings (SSSR count). The van der Waals surface area contributed by atoms with Crippen molar-refractivity contribution in [1.29, 1.82) is 0 Å². The monoisotopic (exact) mass is 220 g/mol. The topological polar surface area (TPSA) is 46.0 Å². The van der Waals surface area contributed by atoms with E-state index in [0.29, 0.717) is 16.3 Å². The molecule has 0 saturated heterocycles. The lowest BCUT2D eigenvalue weighted by Gasteiger charge is -2.05. The Morgan fingerprint density at radius 2 is 2.13 bits per heavy atom. The standard InChI is InChI=1S/C11H9ClN2O/c12-10-9(7-15)3-5-14-11(10)8-2-1-4-13-6-8/h1-6,15H,7H2. The summed E-state index contributed by atoms with van der Waals surface area (Å²) in [6, 6.07) is 5.39. The summed E-state index contributed by atoms with van der Waals surface area (Å²) in [7, 11) is 0. The van der Waals surface area contributed by atoms with Gasteiger partial charge in [0.2, 0.25) is 0 Å². The fourth-order valence-electron chi connectivity index (χ4n) is 1.31. The molecule has 76 valence electrons. The SMILES string of the molecule is OCc1ccnc(-c2cccnc2)c1Cl. The predicted octanol–water partition coefficient (Wildman–Crippen LogP) is 2.29. The van der Waals surface area contributed by atoms with Gasteiger partial charge in [-0.05, 0) is 23.8 Å². The van der Waals surface area contributed by atoms with Crippen LogP contribution in [-0.2, 0) is 6.61 Å². The second kappa shape index (κ2) is 4.38. The van der Waals surface area contributed by atoms with Gasteiger partial charge in [-0.15, -0.1) is 0 Å².